The first-order valence-electron chi connectivity index (χ1n) is 6.01. The molecule has 1 aliphatic heterocycles. The molecule has 0 radical (unpaired) electrons. The maximum atomic E-state index is 12.7. The number of nitrogens with one attached hydrogen (secondary N) is 2. The molecule has 0 saturated carbocycles. The number of benzene rings is 1. The molecule has 0 spiro atoms. The molecule has 7 heteroatoms. The third-order valence-electron chi connectivity index (χ3n) is 3.39. The molecule has 1 aromatic carbocycles. The van der Waals surface area contributed by atoms with Gasteiger partial charge in [0.1, 0.15) is 0 Å². The van der Waals surface area contributed by atoms with E-state index in [9.17, 15) is 18.0 Å². The Morgan fingerprint density at radius 1 is 1.32 bits per heavy atom. The van der Waals surface area contributed by atoms with Crippen molar-refractivity contribution in [1.82, 2.24) is 14.9 Å². The van der Waals surface area contributed by atoms with Gasteiger partial charge in [-0.05, 0) is 37.6 Å². The first-order valence-corrected chi connectivity index (χ1v) is 6.01. The molecule has 19 heavy (non-hydrogen) atoms. The Labute approximate surface area is 106 Å². The van der Waals surface area contributed by atoms with Crippen LogP contribution in [0.3, 0.4) is 0 Å². The molecule has 0 bridgehead atoms. The third kappa shape index (κ3) is 2.03. The van der Waals surface area contributed by atoms with Crippen molar-refractivity contribution in [3.8, 4) is 0 Å². The van der Waals surface area contributed by atoms with Gasteiger partial charge in [0.05, 0.1) is 22.8 Å². The van der Waals surface area contributed by atoms with Gasteiger partial charge in [0, 0.05) is 0 Å². The summed E-state index contributed by atoms with van der Waals surface area (Å²) in [5.41, 5.74) is -0.412. The van der Waals surface area contributed by atoms with E-state index in [-0.39, 0.29) is 11.9 Å². The molecule has 0 amide bonds. The second-order valence-corrected chi connectivity index (χ2v) is 4.64. The summed E-state index contributed by atoms with van der Waals surface area (Å²) in [5.74, 6) is 0. The van der Waals surface area contributed by atoms with Crippen molar-refractivity contribution in [2.75, 3.05) is 6.54 Å². The predicted molar refractivity (Wildman–Crippen MR) is 63.8 cm³/mol. The highest BCUT2D eigenvalue weighted by Gasteiger charge is 2.31. The number of hydrogen-bond donors (Lipinski definition) is 2. The van der Waals surface area contributed by atoms with Gasteiger partial charge in [-0.25, -0.2) is 4.79 Å². The van der Waals surface area contributed by atoms with E-state index in [0.29, 0.717) is 11.0 Å². The Morgan fingerprint density at radius 3 is 2.74 bits per heavy atom. The van der Waals surface area contributed by atoms with Crippen LogP contribution in [0.15, 0.2) is 23.0 Å². The fraction of sp³-hybridized carbons (Fsp3) is 0.417. The minimum absolute atomic E-state index is 0.232. The monoisotopic (exact) mass is 271 g/mol. The summed E-state index contributed by atoms with van der Waals surface area (Å²) in [6, 6.07) is 3.29. The summed E-state index contributed by atoms with van der Waals surface area (Å²) >= 11 is 0. The molecule has 0 aliphatic carbocycles. The van der Waals surface area contributed by atoms with Crippen LogP contribution in [0, 0.1) is 0 Å². The zero-order valence-corrected chi connectivity index (χ0v) is 9.92. The highest BCUT2D eigenvalue weighted by Crippen LogP contribution is 2.31. The van der Waals surface area contributed by atoms with E-state index in [1.807, 2.05) is 0 Å². The summed E-state index contributed by atoms with van der Waals surface area (Å²) < 4.78 is 39.5. The Morgan fingerprint density at radius 2 is 2.11 bits per heavy atom. The summed E-state index contributed by atoms with van der Waals surface area (Å²) in [6.45, 7) is 0.767. The Hall–Kier alpha value is -1.76. The molecular formula is C12H12F3N3O. The Bertz CT molecular complexity index is 665. The van der Waals surface area contributed by atoms with Crippen molar-refractivity contribution in [1.29, 1.82) is 0 Å². The molecule has 102 valence electrons. The normalized spacial score (nSPS) is 20.3. The van der Waals surface area contributed by atoms with Crippen molar-refractivity contribution in [2.24, 2.45) is 0 Å². The number of H-pyrrole nitrogens is 1. The lowest BCUT2D eigenvalue weighted by Gasteiger charge is -2.13. The van der Waals surface area contributed by atoms with Gasteiger partial charge in [0.25, 0.3) is 0 Å². The fourth-order valence-electron chi connectivity index (χ4n) is 2.49. The molecule has 1 fully saturated rings. The number of hydrogen-bond acceptors (Lipinski definition) is 2. The zero-order valence-electron chi connectivity index (χ0n) is 9.92. The van der Waals surface area contributed by atoms with E-state index < -0.39 is 11.7 Å². The first-order chi connectivity index (χ1) is 8.97. The van der Waals surface area contributed by atoms with Crippen molar-refractivity contribution < 1.29 is 13.2 Å². The highest BCUT2D eigenvalue weighted by atomic mass is 19.4. The highest BCUT2D eigenvalue weighted by molar-refractivity contribution is 5.76. The van der Waals surface area contributed by atoms with Crippen LogP contribution in [-0.2, 0) is 6.18 Å². The predicted octanol–water partition coefficient (Wildman–Crippen LogP) is 2.23. The topological polar surface area (TPSA) is 49.8 Å². The maximum Gasteiger partial charge on any atom is 0.416 e. The van der Waals surface area contributed by atoms with Gasteiger partial charge >= 0.3 is 11.9 Å². The second kappa shape index (κ2) is 4.12. The minimum atomic E-state index is -4.41. The lowest BCUT2D eigenvalue weighted by Crippen LogP contribution is -2.28. The number of fused-ring (bicyclic) bond motifs is 1. The molecule has 1 aliphatic rings. The van der Waals surface area contributed by atoms with Crippen molar-refractivity contribution in [3.63, 3.8) is 0 Å². The molecule has 3 rings (SSSR count). The molecule has 1 atom stereocenters. The number of imidazole rings is 1. The average molecular weight is 271 g/mol. The molecule has 4 nitrogen and oxygen atoms in total. The molecule has 2 N–H and O–H groups in total. The van der Waals surface area contributed by atoms with Crippen LogP contribution in [0.1, 0.15) is 24.6 Å². The minimum Gasteiger partial charge on any atom is -0.305 e. The van der Waals surface area contributed by atoms with E-state index >= 15 is 0 Å². The van der Waals surface area contributed by atoms with Gasteiger partial charge in [-0.15, -0.1) is 0 Å². The summed E-state index contributed by atoms with van der Waals surface area (Å²) in [5, 5.41) is 3.11. The van der Waals surface area contributed by atoms with Crippen LogP contribution in [0.5, 0.6) is 0 Å². The smallest absolute Gasteiger partial charge is 0.305 e. The van der Waals surface area contributed by atoms with Crippen LogP contribution in [-0.4, -0.2) is 16.1 Å². The SMILES string of the molecule is O=c1[nH]c2ccc(C(F)(F)F)cc2n1C1CCCN1. The fourth-order valence-corrected chi connectivity index (χ4v) is 2.49. The van der Waals surface area contributed by atoms with Crippen LogP contribution < -0.4 is 11.0 Å². The quantitative estimate of drug-likeness (QED) is 0.835. The summed E-state index contributed by atoms with van der Waals surface area (Å²) in [7, 11) is 0. The molecule has 1 saturated heterocycles. The Balaban J connectivity index is 2.20. The zero-order chi connectivity index (χ0) is 13.6. The van der Waals surface area contributed by atoms with Crippen LogP contribution in [0.4, 0.5) is 13.2 Å². The van der Waals surface area contributed by atoms with E-state index in [1.165, 1.54) is 10.6 Å². The number of rotatable bonds is 1. The largest absolute Gasteiger partial charge is 0.416 e. The molecule has 1 unspecified atom stereocenters. The third-order valence-corrected chi connectivity index (χ3v) is 3.39. The van der Waals surface area contributed by atoms with E-state index in [0.717, 1.165) is 31.5 Å². The number of halogens is 3. The van der Waals surface area contributed by atoms with Crippen molar-refractivity contribution in [3.05, 3.63) is 34.2 Å². The summed E-state index contributed by atoms with van der Waals surface area (Å²) in [4.78, 5) is 14.5. The van der Waals surface area contributed by atoms with Gasteiger partial charge < -0.3 is 4.98 Å². The van der Waals surface area contributed by atoms with Gasteiger partial charge in [-0.3, -0.25) is 9.88 Å². The molecule has 2 heterocycles. The van der Waals surface area contributed by atoms with Gasteiger partial charge in [-0.1, -0.05) is 0 Å². The van der Waals surface area contributed by atoms with Gasteiger partial charge in [0.2, 0.25) is 0 Å². The van der Waals surface area contributed by atoms with Crippen LogP contribution >= 0.6 is 0 Å². The van der Waals surface area contributed by atoms with E-state index in [1.54, 1.807) is 0 Å². The number of nitrogens with zero attached hydrogens (tertiary/aromatic N) is 1. The standard InChI is InChI=1S/C12H12F3N3O/c13-12(14,15)7-3-4-8-9(6-7)18(11(19)17-8)10-2-1-5-16-10/h3-4,6,10,16H,1-2,5H2,(H,17,19). The number of alkyl halides is 3. The molecule has 1 aromatic heterocycles. The van der Waals surface area contributed by atoms with Crippen LogP contribution in [0.2, 0.25) is 0 Å². The lowest BCUT2D eigenvalue weighted by atomic mass is 10.2. The van der Waals surface area contributed by atoms with Crippen molar-refractivity contribution in [2.45, 2.75) is 25.2 Å². The van der Waals surface area contributed by atoms with E-state index in [4.69, 9.17) is 0 Å². The average Bonchev–Trinajstić information content (AvgIpc) is 2.92. The van der Waals surface area contributed by atoms with Crippen LogP contribution in [0.25, 0.3) is 11.0 Å². The molecular weight excluding hydrogens is 259 g/mol. The van der Waals surface area contributed by atoms with E-state index in [2.05, 4.69) is 10.3 Å². The van der Waals surface area contributed by atoms with Gasteiger partial charge in [-0.2, -0.15) is 13.2 Å². The second-order valence-electron chi connectivity index (χ2n) is 4.64. The maximum absolute atomic E-state index is 12.7. The number of aromatic nitrogens is 2. The lowest BCUT2D eigenvalue weighted by molar-refractivity contribution is -0.137. The summed E-state index contributed by atoms with van der Waals surface area (Å²) in [6.07, 6.45) is -2.99. The Kier molecular flexibility index (Phi) is 2.67. The first kappa shape index (κ1) is 12.3. The van der Waals surface area contributed by atoms with Gasteiger partial charge in [0.15, 0.2) is 0 Å². The number of aromatic amines is 1. The van der Waals surface area contributed by atoms with Crippen molar-refractivity contribution >= 4 is 11.0 Å². The molecule has 2 aromatic rings.